The topological polar surface area (TPSA) is 108 Å². The number of hydrogen-bond donors (Lipinski definition) is 1. The van der Waals surface area contributed by atoms with Crippen molar-refractivity contribution < 1.29 is 17.9 Å². The second kappa shape index (κ2) is 8.44. The number of rotatable bonds is 7. The Morgan fingerprint density at radius 2 is 1.86 bits per heavy atom. The number of nitrogens with one attached hydrogen (secondary N) is 1. The summed E-state index contributed by atoms with van der Waals surface area (Å²) in [5.74, 6) is 0.818. The van der Waals surface area contributed by atoms with Crippen molar-refractivity contribution in [3.8, 4) is 11.8 Å². The monoisotopic (exact) mass is 409 g/mol. The lowest BCUT2D eigenvalue weighted by atomic mass is 9.94. The van der Waals surface area contributed by atoms with Gasteiger partial charge < -0.3 is 9.47 Å². The molecule has 154 valence electrons. The van der Waals surface area contributed by atoms with E-state index in [0.717, 1.165) is 12.8 Å². The number of aryl methyl sites for hydroxylation is 2. The third-order valence-electron chi connectivity index (χ3n) is 4.97. The lowest BCUT2D eigenvalue weighted by Crippen LogP contribution is -2.40. The molecule has 28 heavy (non-hydrogen) atoms. The Morgan fingerprint density at radius 3 is 2.46 bits per heavy atom. The van der Waals surface area contributed by atoms with Crippen molar-refractivity contribution in [1.29, 1.82) is 0 Å². The molecule has 0 aromatic carbocycles. The molecule has 1 N–H and O–H groups in total. The Morgan fingerprint density at radius 1 is 1.18 bits per heavy atom. The van der Waals surface area contributed by atoms with Gasteiger partial charge in [-0.25, -0.2) is 13.1 Å². The molecular formula is C18H27N5O4S. The summed E-state index contributed by atoms with van der Waals surface area (Å²) in [6.07, 6.45) is 5.91. The number of hydrogen-bond acceptors (Lipinski definition) is 7. The van der Waals surface area contributed by atoms with Crippen LogP contribution in [0.5, 0.6) is 11.8 Å². The Bertz CT molecular complexity index is 920. The normalized spacial score (nSPS) is 20.1. The van der Waals surface area contributed by atoms with Crippen LogP contribution in [-0.2, 0) is 16.6 Å². The summed E-state index contributed by atoms with van der Waals surface area (Å²) in [7, 11) is -2.08. The van der Waals surface area contributed by atoms with E-state index < -0.39 is 10.0 Å². The van der Waals surface area contributed by atoms with E-state index in [1.807, 2.05) is 6.92 Å². The molecule has 2 heterocycles. The molecule has 2 aromatic heterocycles. The third-order valence-corrected chi connectivity index (χ3v) is 6.74. The van der Waals surface area contributed by atoms with Gasteiger partial charge in [0.05, 0.1) is 30.9 Å². The van der Waals surface area contributed by atoms with Crippen molar-refractivity contribution in [1.82, 2.24) is 24.5 Å². The van der Waals surface area contributed by atoms with Crippen LogP contribution in [0, 0.1) is 13.8 Å². The molecule has 0 atom stereocenters. The maximum Gasteiger partial charge on any atom is 0.244 e. The average molecular weight is 410 g/mol. The second-order valence-electron chi connectivity index (χ2n) is 6.93. The molecule has 0 amide bonds. The van der Waals surface area contributed by atoms with E-state index in [1.54, 1.807) is 24.7 Å². The predicted molar refractivity (Wildman–Crippen MR) is 103 cm³/mol. The SMILES string of the molecule is CCn1nc(C)c(S(=O)(=O)NC2CCC(Oc3cncc(OC)n3)CC2)c1C. The predicted octanol–water partition coefficient (Wildman–Crippen LogP) is 1.99. The molecule has 1 saturated carbocycles. The van der Waals surface area contributed by atoms with Crippen LogP contribution in [0.2, 0.25) is 0 Å². The van der Waals surface area contributed by atoms with Gasteiger partial charge in [-0.3, -0.25) is 9.67 Å². The van der Waals surface area contributed by atoms with Gasteiger partial charge >= 0.3 is 0 Å². The smallest absolute Gasteiger partial charge is 0.244 e. The van der Waals surface area contributed by atoms with Gasteiger partial charge in [0.25, 0.3) is 0 Å². The molecule has 0 unspecified atom stereocenters. The van der Waals surface area contributed by atoms with Crippen molar-refractivity contribution in [2.45, 2.75) is 70.0 Å². The molecule has 0 saturated heterocycles. The zero-order chi connectivity index (χ0) is 20.3. The van der Waals surface area contributed by atoms with Crippen molar-refractivity contribution >= 4 is 10.0 Å². The largest absolute Gasteiger partial charge is 0.480 e. The van der Waals surface area contributed by atoms with Crippen LogP contribution in [0.15, 0.2) is 17.3 Å². The van der Waals surface area contributed by atoms with E-state index in [2.05, 4.69) is 19.8 Å². The van der Waals surface area contributed by atoms with Gasteiger partial charge in [-0.05, 0) is 46.5 Å². The second-order valence-corrected chi connectivity index (χ2v) is 8.58. The minimum absolute atomic E-state index is 0.0199. The van der Waals surface area contributed by atoms with Crippen LogP contribution >= 0.6 is 0 Å². The molecule has 9 nitrogen and oxygen atoms in total. The fourth-order valence-electron chi connectivity index (χ4n) is 3.61. The molecule has 1 aliphatic carbocycles. The van der Waals surface area contributed by atoms with E-state index in [1.165, 1.54) is 13.3 Å². The maximum atomic E-state index is 12.9. The Balaban J connectivity index is 1.60. The van der Waals surface area contributed by atoms with E-state index in [-0.39, 0.29) is 12.1 Å². The molecule has 0 spiro atoms. The van der Waals surface area contributed by atoms with Gasteiger partial charge in [0.15, 0.2) is 0 Å². The van der Waals surface area contributed by atoms with Crippen LogP contribution in [0.1, 0.15) is 44.0 Å². The molecule has 0 aliphatic heterocycles. The molecule has 0 radical (unpaired) electrons. The van der Waals surface area contributed by atoms with Gasteiger partial charge in [0.2, 0.25) is 21.8 Å². The number of nitrogens with zero attached hydrogens (tertiary/aromatic N) is 4. The maximum absolute atomic E-state index is 12.9. The summed E-state index contributed by atoms with van der Waals surface area (Å²) in [6, 6.07) is -0.120. The zero-order valence-corrected chi connectivity index (χ0v) is 17.5. The fraction of sp³-hybridized carbons (Fsp3) is 0.611. The highest BCUT2D eigenvalue weighted by atomic mass is 32.2. The average Bonchev–Trinajstić information content (AvgIpc) is 2.97. The van der Waals surface area contributed by atoms with Gasteiger partial charge in [-0.15, -0.1) is 0 Å². The van der Waals surface area contributed by atoms with E-state index >= 15 is 0 Å². The first-order valence-corrected chi connectivity index (χ1v) is 10.9. The van der Waals surface area contributed by atoms with Crippen LogP contribution in [0.25, 0.3) is 0 Å². The highest BCUT2D eigenvalue weighted by molar-refractivity contribution is 7.89. The van der Waals surface area contributed by atoms with E-state index in [4.69, 9.17) is 9.47 Å². The lowest BCUT2D eigenvalue weighted by molar-refractivity contribution is 0.136. The van der Waals surface area contributed by atoms with Crippen LogP contribution in [0.4, 0.5) is 0 Å². The van der Waals surface area contributed by atoms with Crippen LogP contribution in [0.3, 0.4) is 0 Å². The first-order valence-electron chi connectivity index (χ1n) is 9.43. The summed E-state index contributed by atoms with van der Waals surface area (Å²) in [4.78, 5) is 8.53. The summed E-state index contributed by atoms with van der Waals surface area (Å²) >= 11 is 0. The van der Waals surface area contributed by atoms with Crippen molar-refractivity contribution in [3.63, 3.8) is 0 Å². The summed E-state index contributed by atoms with van der Waals surface area (Å²) in [5, 5.41) is 4.32. The molecule has 10 heteroatoms. The van der Waals surface area contributed by atoms with E-state index in [9.17, 15) is 8.42 Å². The number of methoxy groups -OCH3 is 1. The molecule has 0 bridgehead atoms. The first kappa shape index (κ1) is 20.5. The number of sulfonamides is 1. The standard InChI is InChI=1S/C18H27N5O4S/c1-5-23-13(3)18(12(2)21-23)28(24,25)22-14-6-8-15(9-7-14)27-17-11-19-10-16(20-17)26-4/h10-11,14-15,22H,5-9H2,1-4H3. The molecule has 1 fully saturated rings. The third kappa shape index (κ3) is 4.44. The number of ether oxygens (including phenoxy) is 2. The Hall–Kier alpha value is -2.20. The van der Waals surface area contributed by atoms with Crippen LogP contribution < -0.4 is 14.2 Å². The highest BCUT2D eigenvalue weighted by Gasteiger charge is 2.30. The van der Waals surface area contributed by atoms with Gasteiger partial charge in [0.1, 0.15) is 11.0 Å². The van der Waals surface area contributed by atoms with Crippen LogP contribution in [-0.4, -0.2) is 47.4 Å². The Kier molecular flexibility index (Phi) is 6.19. The van der Waals surface area contributed by atoms with Gasteiger partial charge in [-0.2, -0.15) is 10.1 Å². The van der Waals surface area contributed by atoms with E-state index in [0.29, 0.717) is 47.4 Å². The van der Waals surface area contributed by atoms with Crippen molar-refractivity contribution in [2.75, 3.05) is 7.11 Å². The summed E-state index contributed by atoms with van der Waals surface area (Å²) < 4.78 is 41.3. The van der Waals surface area contributed by atoms with Crippen molar-refractivity contribution in [2.24, 2.45) is 0 Å². The molecule has 2 aromatic rings. The molecular weight excluding hydrogens is 382 g/mol. The minimum Gasteiger partial charge on any atom is -0.480 e. The number of aromatic nitrogens is 4. The minimum atomic E-state index is -3.61. The van der Waals surface area contributed by atoms with Gasteiger partial charge in [-0.1, -0.05) is 0 Å². The lowest BCUT2D eigenvalue weighted by Gasteiger charge is -2.29. The zero-order valence-electron chi connectivity index (χ0n) is 16.7. The highest BCUT2D eigenvalue weighted by Crippen LogP contribution is 2.26. The Labute approximate surface area is 165 Å². The quantitative estimate of drug-likeness (QED) is 0.745. The summed E-state index contributed by atoms with van der Waals surface area (Å²) in [6.45, 7) is 6.10. The van der Waals surface area contributed by atoms with Crippen molar-refractivity contribution in [3.05, 3.63) is 23.8 Å². The first-order chi connectivity index (χ1) is 13.3. The van der Waals surface area contributed by atoms with Gasteiger partial charge in [0, 0.05) is 12.6 Å². The summed E-state index contributed by atoms with van der Waals surface area (Å²) in [5.41, 5.74) is 1.20. The molecule has 3 rings (SSSR count). The molecule has 1 aliphatic rings. The fourth-order valence-corrected chi connectivity index (χ4v) is 5.33.